The highest BCUT2D eigenvalue weighted by Crippen LogP contribution is 2.41. The predicted molar refractivity (Wildman–Crippen MR) is 103 cm³/mol. The number of halogens is 3. The molecule has 0 spiro atoms. The van der Waals surface area contributed by atoms with Crippen LogP contribution in [0.4, 0.5) is 18.9 Å². The van der Waals surface area contributed by atoms with Gasteiger partial charge in [-0.05, 0) is 47.6 Å². The van der Waals surface area contributed by atoms with Gasteiger partial charge in [0.1, 0.15) is 0 Å². The van der Waals surface area contributed by atoms with E-state index in [0.717, 1.165) is 25.1 Å². The van der Waals surface area contributed by atoms with Crippen molar-refractivity contribution in [2.45, 2.75) is 44.8 Å². The number of hydrogen-bond acceptors (Lipinski definition) is 1. The van der Waals surface area contributed by atoms with E-state index < -0.39 is 11.7 Å². The Hall–Kier alpha value is -2.43. The molecule has 1 aromatic heterocycles. The number of aromatic nitrogens is 1. The molecule has 0 bridgehead atoms. The SMILES string of the molecule is CC1(C)CCCN(Cc2c[nH]c3cccc(C(F)(F)F)c23)c2ccccc21. The first-order chi connectivity index (χ1) is 12.8. The zero-order valence-electron chi connectivity index (χ0n) is 15.5. The Morgan fingerprint density at radius 2 is 1.85 bits per heavy atom. The number of fused-ring (bicyclic) bond motifs is 2. The summed E-state index contributed by atoms with van der Waals surface area (Å²) in [5.74, 6) is 0. The van der Waals surface area contributed by atoms with Crippen molar-refractivity contribution in [1.82, 2.24) is 4.98 Å². The minimum absolute atomic E-state index is 0.0582. The largest absolute Gasteiger partial charge is 0.417 e. The third kappa shape index (κ3) is 3.20. The molecule has 5 heteroatoms. The van der Waals surface area contributed by atoms with Crippen LogP contribution in [0.5, 0.6) is 0 Å². The van der Waals surface area contributed by atoms with Crippen molar-refractivity contribution in [2.24, 2.45) is 0 Å². The lowest BCUT2D eigenvalue weighted by atomic mass is 9.80. The summed E-state index contributed by atoms with van der Waals surface area (Å²) in [6.45, 7) is 5.77. The van der Waals surface area contributed by atoms with E-state index >= 15 is 0 Å². The van der Waals surface area contributed by atoms with Gasteiger partial charge in [-0.25, -0.2) is 0 Å². The summed E-state index contributed by atoms with van der Waals surface area (Å²) in [6.07, 6.45) is -0.577. The Labute approximate surface area is 157 Å². The van der Waals surface area contributed by atoms with Gasteiger partial charge in [0.2, 0.25) is 0 Å². The van der Waals surface area contributed by atoms with Crippen molar-refractivity contribution in [3.8, 4) is 0 Å². The summed E-state index contributed by atoms with van der Waals surface area (Å²) in [4.78, 5) is 5.24. The van der Waals surface area contributed by atoms with Gasteiger partial charge < -0.3 is 9.88 Å². The van der Waals surface area contributed by atoms with Gasteiger partial charge in [-0.15, -0.1) is 0 Å². The van der Waals surface area contributed by atoms with Crippen LogP contribution in [0.25, 0.3) is 10.9 Å². The molecule has 2 nitrogen and oxygen atoms in total. The number of aromatic amines is 1. The molecule has 142 valence electrons. The number of hydrogen-bond donors (Lipinski definition) is 1. The molecule has 0 saturated carbocycles. The summed E-state index contributed by atoms with van der Waals surface area (Å²) in [5, 5.41) is 0.283. The number of benzene rings is 2. The van der Waals surface area contributed by atoms with E-state index in [1.54, 1.807) is 12.3 Å². The normalized spacial score (nSPS) is 17.0. The molecule has 1 aliphatic heterocycles. The number of nitrogens with one attached hydrogen (secondary N) is 1. The van der Waals surface area contributed by atoms with Gasteiger partial charge in [0.05, 0.1) is 5.56 Å². The molecule has 2 aromatic carbocycles. The lowest BCUT2D eigenvalue weighted by Crippen LogP contribution is -2.24. The zero-order valence-corrected chi connectivity index (χ0v) is 15.5. The molecule has 0 saturated heterocycles. The predicted octanol–water partition coefficient (Wildman–Crippen LogP) is 6.26. The van der Waals surface area contributed by atoms with Gasteiger partial charge in [0.25, 0.3) is 0 Å². The number of alkyl halides is 3. The fraction of sp³-hybridized carbons (Fsp3) is 0.364. The van der Waals surface area contributed by atoms with Crippen LogP contribution in [0, 0.1) is 0 Å². The molecule has 0 amide bonds. The average Bonchev–Trinajstić information content (AvgIpc) is 2.97. The second-order valence-electron chi connectivity index (χ2n) is 7.97. The minimum atomic E-state index is -4.37. The number of H-pyrrole nitrogens is 1. The second-order valence-corrected chi connectivity index (χ2v) is 7.97. The third-order valence-corrected chi connectivity index (χ3v) is 5.66. The number of rotatable bonds is 2. The van der Waals surface area contributed by atoms with Crippen LogP contribution in [-0.4, -0.2) is 11.5 Å². The lowest BCUT2D eigenvalue weighted by molar-refractivity contribution is -0.136. The van der Waals surface area contributed by atoms with Crippen LogP contribution >= 0.6 is 0 Å². The highest BCUT2D eigenvalue weighted by molar-refractivity contribution is 5.87. The first kappa shape index (κ1) is 18.0. The van der Waals surface area contributed by atoms with Crippen molar-refractivity contribution < 1.29 is 13.2 Å². The average molecular weight is 372 g/mol. The first-order valence-corrected chi connectivity index (χ1v) is 9.28. The zero-order chi connectivity index (χ0) is 19.2. The van der Waals surface area contributed by atoms with Crippen molar-refractivity contribution in [1.29, 1.82) is 0 Å². The van der Waals surface area contributed by atoms with Crippen LogP contribution in [0.3, 0.4) is 0 Å². The fourth-order valence-electron chi connectivity index (χ4n) is 4.28. The van der Waals surface area contributed by atoms with Crippen LogP contribution in [0.2, 0.25) is 0 Å². The van der Waals surface area contributed by atoms with Gasteiger partial charge in [-0.2, -0.15) is 13.2 Å². The molecular formula is C22H23F3N2. The van der Waals surface area contributed by atoms with Crippen molar-refractivity contribution in [3.05, 3.63) is 65.4 Å². The maximum Gasteiger partial charge on any atom is 0.417 e. The number of para-hydroxylation sites is 1. The maximum absolute atomic E-state index is 13.5. The summed E-state index contributed by atoms with van der Waals surface area (Å²) < 4.78 is 40.6. The van der Waals surface area contributed by atoms with Crippen molar-refractivity contribution >= 4 is 16.6 Å². The number of nitrogens with zero attached hydrogens (tertiary/aromatic N) is 1. The molecule has 3 aromatic rings. The van der Waals surface area contributed by atoms with E-state index in [1.807, 2.05) is 12.1 Å². The molecular weight excluding hydrogens is 349 g/mol. The quantitative estimate of drug-likeness (QED) is 0.562. The highest BCUT2D eigenvalue weighted by Gasteiger charge is 2.34. The Kier molecular flexibility index (Phi) is 4.21. The Balaban J connectivity index is 1.79. The monoisotopic (exact) mass is 372 g/mol. The van der Waals surface area contributed by atoms with Crippen molar-refractivity contribution in [3.63, 3.8) is 0 Å². The molecule has 27 heavy (non-hydrogen) atoms. The summed E-state index contributed by atoms with van der Waals surface area (Å²) in [6, 6.07) is 12.6. The van der Waals surface area contributed by atoms with Crippen LogP contribution in [0.1, 0.15) is 43.4 Å². The fourth-order valence-corrected chi connectivity index (χ4v) is 4.28. The van der Waals surface area contributed by atoms with Gasteiger partial charge in [0, 0.05) is 35.9 Å². The smallest absolute Gasteiger partial charge is 0.367 e. The third-order valence-electron chi connectivity index (χ3n) is 5.66. The molecule has 0 unspecified atom stereocenters. The molecule has 1 aliphatic rings. The van der Waals surface area contributed by atoms with Crippen LogP contribution in [-0.2, 0) is 18.1 Å². The Morgan fingerprint density at radius 1 is 1.07 bits per heavy atom. The van der Waals surface area contributed by atoms with Crippen LogP contribution in [0.15, 0.2) is 48.7 Å². The molecule has 1 N–H and O–H groups in total. The van der Waals surface area contributed by atoms with E-state index in [1.165, 1.54) is 17.7 Å². The molecule has 0 aliphatic carbocycles. The molecule has 0 atom stereocenters. The highest BCUT2D eigenvalue weighted by atomic mass is 19.4. The molecule has 0 radical (unpaired) electrons. The van der Waals surface area contributed by atoms with Gasteiger partial charge in [-0.1, -0.05) is 38.1 Å². The first-order valence-electron chi connectivity index (χ1n) is 9.28. The van der Waals surface area contributed by atoms with Gasteiger partial charge in [0.15, 0.2) is 0 Å². The van der Waals surface area contributed by atoms with Crippen LogP contribution < -0.4 is 4.90 Å². The molecule has 0 fully saturated rings. The van der Waals surface area contributed by atoms with E-state index in [-0.39, 0.29) is 10.8 Å². The maximum atomic E-state index is 13.5. The van der Waals surface area contributed by atoms with E-state index in [9.17, 15) is 13.2 Å². The van der Waals surface area contributed by atoms with E-state index in [4.69, 9.17) is 0 Å². The topological polar surface area (TPSA) is 19.0 Å². The molecule has 4 rings (SSSR count). The summed E-state index contributed by atoms with van der Waals surface area (Å²) in [5.41, 5.74) is 3.09. The minimum Gasteiger partial charge on any atom is -0.367 e. The summed E-state index contributed by atoms with van der Waals surface area (Å²) >= 11 is 0. The second kappa shape index (κ2) is 6.32. The number of anilines is 1. The molecule has 2 heterocycles. The standard InChI is InChI=1S/C22H23F3N2/c1-21(2)11-6-12-27(19-10-4-3-7-16(19)21)14-15-13-26-18-9-5-8-17(20(15)18)22(23,24)25/h3-5,7-10,13,26H,6,11-12,14H2,1-2H3. The van der Waals surface area contributed by atoms with Gasteiger partial charge in [-0.3, -0.25) is 0 Å². The van der Waals surface area contributed by atoms with Gasteiger partial charge >= 0.3 is 6.18 Å². The Bertz CT molecular complexity index is 969. The lowest BCUT2D eigenvalue weighted by Gasteiger charge is -2.28. The van der Waals surface area contributed by atoms with E-state index in [0.29, 0.717) is 17.6 Å². The Morgan fingerprint density at radius 3 is 2.63 bits per heavy atom. The van der Waals surface area contributed by atoms with E-state index in [2.05, 4.69) is 35.9 Å². The summed E-state index contributed by atoms with van der Waals surface area (Å²) in [7, 11) is 0. The van der Waals surface area contributed by atoms with Crippen molar-refractivity contribution in [2.75, 3.05) is 11.4 Å².